The van der Waals surface area contributed by atoms with E-state index in [1.807, 2.05) is 0 Å². The maximum absolute atomic E-state index is 13.7. The summed E-state index contributed by atoms with van der Waals surface area (Å²) in [5.74, 6) is -4.17. The third-order valence-corrected chi connectivity index (χ3v) is 3.17. The van der Waals surface area contributed by atoms with Crippen LogP contribution < -0.4 is 4.90 Å². The second kappa shape index (κ2) is 5.36. The smallest absolute Gasteiger partial charge is 0.350 e. The van der Waals surface area contributed by atoms with Crippen LogP contribution in [-0.2, 0) is 4.74 Å². The molecule has 1 fully saturated rings. The summed E-state index contributed by atoms with van der Waals surface area (Å²) < 4.78 is 80.3. The summed E-state index contributed by atoms with van der Waals surface area (Å²) in [6.45, 7) is 0.387. The second-order valence-corrected chi connectivity index (χ2v) is 4.82. The Morgan fingerprint density at radius 3 is 2.57 bits per heavy atom. The number of ether oxygens (including phenoxy) is 1. The van der Waals surface area contributed by atoms with Crippen molar-refractivity contribution >= 4 is 5.82 Å². The van der Waals surface area contributed by atoms with Gasteiger partial charge in [0.1, 0.15) is 17.7 Å². The molecule has 2 heterocycles. The first-order valence-corrected chi connectivity index (χ1v) is 6.08. The molecule has 1 aliphatic rings. The molecule has 9 heteroatoms. The van der Waals surface area contributed by atoms with Gasteiger partial charge in [-0.25, -0.2) is 18.2 Å². The molecule has 0 bridgehead atoms. The number of nitrogens with zero attached hydrogens (tertiary/aromatic N) is 2. The lowest BCUT2D eigenvalue weighted by molar-refractivity contribution is -0.366. The maximum Gasteiger partial charge on any atom is 0.522 e. The first-order valence-electron chi connectivity index (χ1n) is 6.08. The van der Waals surface area contributed by atoms with Gasteiger partial charge in [0.25, 0.3) is 5.92 Å². The van der Waals surface area contributed by atoms with Gasteiger partial charge < -0.3 is 4.90 Å². The van der Waals surface area contributed by atoms with Gasteiger partial charge in [-0.15, -0.1) is 13.2 Å². The van der Waals surface area contributed by atoms with Crippen LogP contribution in [0, 0.1) is 12.7 Å². The number of hydrogen-bond donors (Lipinski definition) is 0. The standard InChI is InChI=1S/C12H12F6N2O/c1-7-4-10(19-5-8(7)13)20-3-2-9(11(14,15)6-20)21-12(16,17)18/h4-5,9H,2-3,6H2,1H3. The lowest BCUT2D eigenvalue weighted by atomic mass is 10.0. The number of alkyl halides is 5. The van der Waals surface area contributed by atoms with Crippen LogP contribution in [-0.4, -0.2) is 36.5 Å². The van der Waals surface area contributed by atoms with E-state index in [9.17, 15) is 26.3 Å². The normalized spacial score (nSPS) is 22.4. The van der Waals surface area contributed by atoms with E-state index in [4.69, 9.17) is 0 Å². The van der Waals surface area contributed by atoms with Gasteiger partial charge in [-0.1, -0.05) is 0 Å². The topological polar surface area (TPSA) is 25.4 Å². The van der Waals surface area contributed by atoms with Gasteiger partial charge in [-0.05, 0) is 25.0 Å². The number of rotatable bonds is 2. The molecule has 118 valence electrons. The minimum absolute atomic E-state index is 0.0889. The van der Waals surface area contributed by atoms with Gasteiger partial charge in [0.15, 0.2) is 0 Å². The maximum atomic E-state index is 13.7. The number of hydrogen-bond acceptors (Lipinski definition) is 3. The minimum Gasteiger partial charge on any atom is -0.350 e. The molecule has 0 N–H and O–H groups in total. The van der Waals surface area contributed by atoms with Gasteiger partial charge >= 0.3 is 6.36 Å². The van der Waals surface area contributed by atoms with Gasteiger partial charge in [-0.3, -0.25) is 4.74 Å². The zero-order valence-corrected chi connectivity index (χ0v) is 10.9. The molecular formula is C12H12F6N2O. The molecule has 2 rings (SSSR count). The van der Waals surface area contributed by atoms with Crippen molar-refractivity contribution in [2.45, 2.75) is 31.7 Å². The molecule has 0 saturated carbocycles. The minimum atomic E-state index is -5.11. The zero-order valence-electron chi connectivity index (χ0n) is 10.9. The Kier molecular flexibility index (Phi) is 4.05. The zero-order chi connectivity index (χ0) is 15.8. The predicted octanol–water partition coefficient (Wildman–Crippen LogP) is 3.28. The Labute approximate surface area is 116 Å². The number of aromatic nitrogens is 1. The summed E-state index contributed by atoms with van der Waals surface area (Å²) in [6, 6.07) is 1.27. The average molecular weight is 314 g/mol. The second-order valence-electron chi connectivity index (χ2n) is 4.82. The summed E-state index contributed by atoms with van der Waals surface area (Å²) in [5, 5.41) is 0. The highest BCUT2D eigenvalue weighted by Crippen LogP contribution is 2.35. The van der Waals surface area contributed by atoms with E-state index in [0.717, 1.165) is 11.1 Å². The van der Waals surface area contributed by atoms with E-state index in [1.54, 1.807) is 0 Å². The summed E-state index contributed by atoms with van der Waals surface area (Å²) >= 11 is 0. The van der Waals surface area contributed by atoms with Crippen LogP contribution in [0.15, 0.2) is 12.3 Å². The van der Waals surface area contributed by atoms with E-state index in [-0.39, 0.29) is 17.9 Å². The first kappa shape index (κ1) is 15.9. The number of anilines is 1. The Hall–Kier alpha value is -1.51. The van der Waals surface area contributed by atoms with Crippen molar-refractivity contribution < 1.29 is 31.1 Å². The number of pyridine rings is 1. The summed E-state index contributed by atoms with van der Waals surface area (Å²) in [6.07, 6.45) is -6.96. The van der Waals surface area contributed by atoms with Gasteiger partial charge in [0, 0.05) is 6.54 Å². The molecule has 0 aliphatic carbocycles. The van der Waals surface area contributed by atoms with E-state index >= 15 is 0 Å². The van der Waals surface area contributed by atoms with Gasteiger partial charge in [0.2, 0.25) is 0 Å². The third-order valence-electron chi connectivity index (χ3n) is 3.17. The number of halogens is 6. The lowest BCUT2D eigenvalue weighted by Gasteiger charge is -2.38. The van der Waals surface area contributed by atoms with E-state index < -0.39 is 37.2 Å². The lowest BCUT2D eigenvalue weighted by Crippen LogP contribution is -2.54. The quantitative estimate of drug-likeness (QED) is 0.783. The van der Waals surface area contributed by atoms with Crippen molar-refractivity contribution in [3.8, 4) is 0 Å². The van der Waals surface area contributed by atoms with Gasteiger partial charge in [0.05, 0.1) is 12.7 Å². The van der Waals surface area contributed by atoms with Crippen LogP contribution in [0.3, 0.4) is 0 Å². The fourth-order valence-electron chi connectivity index (χ4n) is 2.12. The molecule has 1 aromatic rings. The fourth-order valence-corrected chi connectivity index (χ4v) is 2.12. The number of piperidine rings is 1. The van der Waals surface area contributed by atoms with Crippen LogP contribution in [0.1, 0.15) is 12.0 Å². The van der Waals surface area contributed by atoms with Crippen molar-refractivity contribution in [2.24, 2.45) is 0 Å². The van der Waals surface area contributed by atoms with Crippen LogP contribution >= 0.6 is 0 Å². The largest absolute Gasteiger partial charge is 0.522 e. The molecule has 1 unspecified atom stereocenters. The van der Waals surface area contributed by atoms with E-state index in [2.05, 4.69) is 9.72 Å². The van der Waals surface area contributed by atoms with Gasteiger partial charge in [-0.2, -0.15) is 0 Å². The molecule has 0 amide bonds. The van der Waals surface area contributed by atoms with Crippen LogP contribution in [0.4, 0.5) is 32.2 Å². The third kappa shape index (κ3) is 3.78. The van der Waals surface area contributed by atoms with Crippen molar-refractivity contribution in [2.75, 3.05) is 18.0 Å². The Morgan fingerprint density at radius 1 is 1.38 bits per heavy atom. The summed E-state index contributed by atoms with van der Waals surface area (Å²) in [5.41, 5.74) is 0.219. The molecule has 1 aliphatic heterocycles. The Bertz CT molecular complexity index is 519. The molecule has 1 aromatic heterocycles. The highest BCUT2D eigenvalue weighted by atomic mass is 19.4. The first-order chi connectivity index (χ1) is 9.58. The molecule has 0 aromatic carbocycles. The highest BCUT2D eigenvalue weighted by molar-refractivity contribution is 5.42. The number of aryl methyl sites for hydroxylation is 1. The van der Waals surface area contributed by atoms with Crippen LogP contribution in [0.25, 0.3) is 0 Å². The predicted molar refractivity (Wildman–Crippen MR) is 61.6 cm³/mol. The van der Waals surface area contributed by atoms with Crippen molar-refractivity contribution in [1.82, 2.24) is 4.98 Å². The van der Waals surface area contributed by atoms with Crippen LogP contribution in [0.5, 0.6) is 0 Å². The Morgan fingerprint density at radius 2 is 2.05 bits per heavy atom. The van der Waals surface area contributed by atoms with Crippen molar-refractivity contribution in [3.05, 3.63) is 23.6 Å². The SMILES string of the molecule is Cc1cc(N2CCC(OC(F)(F)F)C(F)(F)C2)ncc1F. The Balaban J connectivity index is 2.12. The molecule has 1 atom stereocenters. The molecule has 0 spiro atoms. The summed E-state index contributed by atoms with van der Waals surface area (Å²) in [7, 11) is 0. The van der Waals surface area contributed by atoms with Crippen molar-refractivity contribution in [3.63, 3.8) is 0 Å². The van der Waals surface area contributed by atoms with E-state index in [1.165, 1.54) is 13.0 Å². The van der Waals surface area contributed by atoms with E-state index in [0.29, 0.717) is 0 Å². The molecule has 21 heavy (non-hydrogen) atoms. The molecule has 1 saturated heterocycles. The van der Waals surface area contributed by atoms with Crippen LogP contribution in [0.2, 0.25) is 0 Å². The molecule has 3 nitrogen and oxygen atoms in total. The van der Waals surface area contributed by atoms with Crippen molar-refractivity contribution in [1.29, 1.82) is 0 Å². The fraction of sp³-hybridized carbons (Fsp3) is 0.583. The summed E-state index contributed by atoms with van der Waals surface area (Å²) in [4.78, 5) is 4.80. The average Bonchev–Trinajstić information content (AvgIpc) is 2.33. The molecular weight excluding hydrogens is 302 g/mol. The highest BCUT2D eigenvalue weighted by Gasteiger charge is 2.50. The monoisotopic (exact) mass is 314 g/mol. The molecule has 0 radical (unpaired) electrons.